The van der Waals surface area contributed by atoms with Gasteiger partial charge in [0.25, 0.3) is 0 Å². The van der Waals surface area contributed by atoms with Crippen LogP contribution >= 0.6 is 0 Å². The Morgan fingerprint density at radius 1 is 0.351 bits per heavy atom. The minimum Gasteiger partial charge on any atom is -0.460 e. The molecule has 0 radical (unpaired) electrons. The molecular weight excluding hydrogens is 1100 g/mol. The average molecular weight is 1130 g/mol. The topological polar surface area (TPSA) is 41.2 Å². The summed E-state index contributed by atoms with van der Waals surface area (Å²) in [6.07, 6.45) is -54.8. The van der Waals surface area contributed by atoms with E-state index in [1.54, 1.807) is 22.8 Å². The van der Waals surface area contributed by atoms with Gasteiger partial charge in [-0.3, -0.25) is 4.79 Å². The van der Waals surface area contributed by atoms with Gasteiger partial charge in [0.1, 0.15) is 6.15 Å². The Morgan fingerprint density at radius 2 is 0.610 bits per heavy atom. The van der Waals surface area contributed by atoms with Gasteiger partial charge in [0, 0.05) is 17.0 Å². The molecule has 0 bridgehead atoms. The lowest BCUT2D eigenvalue weighted by molar-refractivity contribution is -0.663. The summed E-state index contributed by atoms with van der Waals surface area (Å²) in [5.74, 6) is 0.0650. The number of alkyl halides is 24. The van der Waals surface area contributed by atoms with Crippen LogP contribution in [0.25, 0.3) is 10.9 Å². The van der Waals surface area contributed by atoms with Crippen molar-refractivity contribution in [1.29, 1.82) is 0 Å². The second-order valence-electron chi connectivity index (χ2n) is 16.8. The number of aromatic hydroxyl groups is 1. The highest BCUT2D eigenvalue weighted by atomic mass is 19.4. The lowest BCUT2D eigenvalue weighted by Gasteiger charge is -2.46. The van der Waals surface area contributed by atoms with E-state index in [1.165, 1.54) is 0 Å². The van der Waals surface area contributed by atoms with E-state index in [0.717, 1.165) is 10.9 Å². The molecule has 0 fully saturated rings. The van der Waals surface area contributed by atoms with Gasteiger partial charge in [-0.25, -0.2) is 0 Å². The van der Waals surface area contributed by atoms with Crippen molar-refractivity contribution in [1.82, 2.24) is 0 Å². The first-order valence-electron chi connectivity index (χ1n) is 21.1. The third-order valence-electron chi connectivity index (χ3n) is 11.8. The van der Waals surface area contributed by atoms with Crippen LogP contribution in [0.1, 0.15) is 54.9 Å². The number of ketones is 1. The summed E-state index contributed by atoms with van der Waals surface area (Å²) >= 11 is 0. The number of hydrogen-bond donors (Lipinski definition) is 1. The standard InChI is InChI=1S/C32H12BF24.C17H13NO2/c34-25(35,36)13-1-14(26(37,38)39)6-21(5-13)33(22-7-15(27(40,41)42)2-16(8-22)28(43,44)45,23-9-17(29(46,47)48)3-18(10-23)30(49,50)51)24-11-19(31(52,53)54)4-20(12-24)32(55,56)57;19-16(14-7-2-1-3-8-14)12-18-15-9-5-4-6-13(15)10-11-17(18)20/h1-12H;1-11H,12H2/q-1;/p+1. The number of benzene rings is 6. The zero-order valence-electron chi connectivity index (χ0n) is 37.4. The van der Waals surface area contributed by atoms with Crippen LogP contribution in [0.4, 0.5) is 105 Å². The van der Waals surface area contributed by atoms with Gasteiger partial charge in [-0.1, -0.05) is 91.0 Å². The molecule has 410 valence electrons. The number of fused-ring (bicyclic) bond motifs is 1. The van der Waals surface area contributed by atoms with Gasteiger partial charge in [-0.05, 0) is 36.4 Å². The zero-order chi connectivity index (χ0) is 57.9. The number of hydrogen-bond acceptors (Lipinski definition) is 2. The van der Waals surface area contributed by atoms with Crippen LogP contribution in [0.3, 0.4) is 0 Å². The van der Waals surface area contributed by atoms with E-state index in [9.17, 15) is 115 Å². The summed E-state index contributed by atoms with van der Waals surface area (Å²) in [6, 6.07) is 11.4. The largest absolute Gasteiger partial charge is 0.460 e. The van der Waals surface area contributed by atoms with E-state index in [2.05, 4.69) is 0 Å². The molecule has 0 amide bonds. The molecular formula is C49H26BF24NO2. The molecule has 0 spiro atoms. The number of pyridine rings is 1. The lowest BCUT2D eigenvalue weighted by Crippen LogP contribution is -2.75. The van der Waals surface area contributed by atoms with Crippen LogP contribution < -0.4 is 26.4 Å². The summed E-state index contributed by atoms with van der Waals surface area (Å²) in [4.78, 5) is 12.3. The molecule has 1 N–H and O–H groups in total. The summed E-state index contributed by atoms with van der Waals surface area (Å²) in [6.45, 7) is 0.122. The average Bonchev–Trinajstić information content (AvgIpc) is 3.30. The number of para-hydroxylation sites is 1. The molecule has 0 aliphatic rings. The van der Waals surface area contributed by atoms with Crippen molar-refractivity contribution in [3.05, 3.63) is 190 Å². The molecule has 6 aromatic carbocycles. The number of nitrogens with zero attached hydrogens (tertiary/aromatic N) is 1. The first kappa shape index (κ1) is 58.8. The second kappa shape index (κ2) is 20.2. The molecule has 0 aliphatic heterocycles. The Kier molecular flexibility index (Phi) is 15.4. The van der Waals surface area contributed by atoms with Crippen LogP contribution in [0, 0.1) is 0 Å². The summed E-state index contributed by atoms with van der Waals surface area (Å²) in [5, 5.41) is 11.0. The lowest BCUT2D eigenvalue weighted by atomic mass is 9.12. The fourth-order valence-electron chi connectivity index (χ4n) is 8.35. The minimum absolute atomic E-state index is 0.0257. The van der Waals surface area contributed by atoms with Crippen LogP contribution in [-0.2, 0) is 56.0 Å². The third kappa shape index (κ3) is 13.1. The fourth-order valence-corrected chi connectivity index (χ4v) is 8.35. The fraction of sp³-hybridized carbons (Fsp3) is 0.184. The van der Waals surface area contributed by atoms with Crippen molar-refractivity contribution in [2.24, 2.45) is 0 Å². The number of halogens is 24. The van der Waals surface area contributed by atoms with Gasteiger partial charge < -0.3 is 5.11 Å². The van der Waals surface area contributed by atoms with Gasteiger partial charge in [-0.15, -0.1) is 0 Å². The van der Waals surface area contributed by atoms with Crippen molar-refractivity contribution in [3.63, 3.8) is 0 Å². The van der Waals surface area contributed by atoms with Crippen LogP contribution in [0.15, 0.2) is 140 Å². The highest BCUT2D eigenvalue weighted by Crippen LogP contribution is 2.41. The number of rotatable bonds is 7. The Morgan fingerprint density at radius 3 is 0.883 bits per heavy atom. The predicted molar refractivity (Wildman–Crippen MR) is 227 cm³/mol. The number of Topliss-reactive ketones (excluding diaryl/α,β-unsaturated/α-hetero) is 1. The molecule has 1 heterocycles. The first-order chi connectivity index (χ1) is 35.0. The molecule has 3 nitrogen and oxygen atoms in total. The van der Waals surface area contributed by atoms with Crippen molar-refractivity contribution < 1.29 is 120 Å². The Bertz CT molecular complexity index is 2870. The molecule has 0 atom stereocenters. The Labute approximate surface area is 415 Å². The monoisotopic (exact) mass is 1130 g/mol. The SMILES string of the molecule is FC(F)(F)c1cc([B-](c2cc(C(F)(F)F)cc(C(F)(F)F)c2)(c2cc(C(F)(F)F)cc(C(F)(F)F)c2)c2cc(C(F)(F)F)cc(C(F)(F)F)c2)cc(C(F)(F)F)c1.O=C(C[n+]1c(O)ccc2ccccc21)c1ccccc1. The predicted octanol–water partition coefficient (Wildman–Crippen LogP) is 13.9. The van der Waals surface area contributed by atoms with Gasteiger partial charge in [0.05, 0.1) is 50.6 Å². The van der Waals surface area contributed by atoms with E-state index in [1.807, 2.05) is 48.5 Å². The van der Waals surface area contributed by atoms with E-state index < -0.39 is 195 Å². The van der Waals surface area contributed by atoms with E-state index in [0.29, 0.717) is 5.56 Å². The molecule has 7 aromatic rings. The highest BCUT2D eigenvalue weighted by Gasteiger charge is 2.47. The Balaban J connectivity index is 0.000000397. The van der Waals surface area contributed by atoms with Gasteiger partial charge in [0.15, 0.2) is 0 Å². The zero-order valence-corrected chi connectivity index (χ0v) is 37.4. The molecule has 0 aliphatic carbocycles. The highest BCUT2D eigenvalue weighted by molar-refractivity contribution is 7.20. The van der Waals surface area contributed by atoms with Crippen molar-refractivity contribution in [2.75, 3.05) is 0 Å². The van der Waals surface area contributed by atoms with Crippen molar-refractivity contribution >= 4 is 44.7 Å². The Hall–Kier alpha value is -7.42. The maximum atomic E-state index is 14.2. The van der Waals surface area contributed by atoms with E-state index >= 15 is 0 Å². The normalized spacial score (nSPS) is 13.4. The first-order valence-corrected chi connectivity index (χ1v) is 21.1. The molecule has 7 rings (SSSR count). The maximum absolute atomic E-state index is 14.2. The molecule has 0 unspecified atom stereocenters. The third-order valence-corrected chi connectivity index (χ3v) is 11.8. The van der Waals surface area contributed by atoms with Gasteiger partial charge >= 0.3 is 55.3 Å². The van der Waals surface area contributed by atoms with Crippen molar-refractivity contribution in [2.45, 2.75) is 56.0 Å². The molecule has 0 saturated carbocycles. The van der Waals surface area contributed by atoms with Gasteiger partial charge in [-0.2, -0.15) is 132 Å². The molecule has 1 aromatic heterocycles. The molecule has 77 heavy (non-hydrogen) atoms. The second-order valence-corrected chi connectivity index (χ2v) is 16.8. The van der Waals surface area contributed by atoms with Gasteiger partial charge in [0.2, 0.25) is 17.8 Å². The maximum Gasteiger partial charge on any atom is 0.416 e. The van der Waals surface area contributed by atoms with E-state index in [4.69, 9.17) is 0 Å². The number of carbonyl (C=O) groups is 1. The minimum atomic E-state index is -6.13. The molecule has 28 heteroatoms. The summed E-state index contributed by atoms with van der Waals surface area (Å²) < 4.78 is 342. The van der Waals surface area contributed by atoms with Crippen LogP contribution in [0.5, 0.6) is 5.88 Å². The van der Waals surface area contributed by atoms with E-state index in [-0.39, 0.29) is 18.2 Å². The van der Waals surface area contributed by atoms with Crippen LogP contribution in [-0.4, -0.2) is 17.0 Å². The number of aromatic nitrogens is 1. The molecule has 0 saturated heterocycles. The van der Waals surface area contributed by atoms with Crippen LogP contribution in [0.2, 0.25) is 0 Å². The smallest absolute Gasteiger partial charge is 0.416 e. The van der Waals surface area contributed by atoms with Crippen molar-refractivity contribution in [3.8, 4) is 5.88 Å². The summed E-state index contributed by atoms with van der Waals surface area (Å²) in [7, 11) is 0. The summed E-state index contributed by atoms with van der Waals surface area (Å²) in [5.41, 5.74) is -28.7. The quantitative estimate of drug-likeness (QED) is 0.0748. The number of carbonyl (C=O) groups excluding carboxylic acids is 1.